The lowest BCUT2D eigenvalue weighted by Crippen LogP contribution is -2.20. The zero-order valence-corrected chi connectivity index (χ0v) is 13.2. The monoisotopic (exact) mass is 306 g/mol. The molecule has 3 aromatic rings. The van der Waals surface area contributed by atoms with Crippen LogP contribution in [0.4, 0.5) is 11.6 Å². The molecule has 116 valence electrons. The molecule has 0 amide bonds. The van der Waals surface area contributed by atoms with Crippen LogP contribution in [0.2, 0.25) is 0 Å². The van der Waals surface area contributed by atoms with Gasteiger partial charge in [-0.2, -0.15) is 0 Å². The molecule has 5 nitrogen and oxygen atoms in total. The van der Waals surface area contributed by atoms with Gasteiger partial charge in [-0.05, 0) is 36.2 Å². The predicted octanol–water partition coefficient (Wildman–Crippen LogP) is 3.15. The molecule has 23 heavy (non-hydrogen) atoms. The summed E-state index contributed by atoms with van der Waals surface area (Å²) in [4.78, 5) is 20.7. The van der Waals surface area contributed by atoms with Crippen molar-refractivity contribution in [3.05, 3.63) is 70.8 Å². The van der Waals surface area contributed by atoms with Gasteiger partial charge in [-0.1, -0.05) is 19.1 Å². The molecule has 0 aliphatic heterocycles. The minimum Gasteiger partial charge on any atom is -0.326 e. The average molecular weight is 306 g/mol. The molecule has 0 unspecified atom stereocenters. The summed E-state index contributed by atoms with van der Waals surface area (Å²) in [6.45, 7) is 2.12. The molecule has 0 bridgehead atoms. The molecule has 0 radical (unpaired) electrons. The largest absolute Gasteiger partial charge is 0.326 e. The van der Waals surface area contributed by atoms with Gasteiger partial charge in [-0.15, -0.1) is 0 Å². The maximum Gasteiger partial charge on any atom is 0.255 e. The van der Waals surface area contributed by atoms with Crippen LogP contribution in [0.5, 0.6) is 0 Å². The second-order valence-corrected chi connectivity index (χ2v) is 5.27. The van der Waals surface area contributed by atoms with Gasteiger partial charge in [-0.25, -0.2) is 4.98 Å². The fraction of sp³-hybridized carbons (Fsp3) is 0.167. The first-order chi connectivity index (χ1) is 11.2. The highest BCUT2D eigenvalue weighted by Gasteiger charge is 2.08. The molecule has 0 saturated carbocycles. The minimum atomic E-state index is -0.112. The number of hydrogen-bond donors (Lipinski definition) is 1. The van der Waals surface area contributed by atoms with Gasteiger partial charge in [-0.3, -0.25) is 14.3 Å². The van der Waals surface area contributed by atoms with Crippen molar-refractivity contribution in [3.63, 3.8) is 0 Å². The number of aromatic nitrogens is 3. The normalized spacial score (nSPS) is 10.5. The van der Waals surface area contributed by atoms with E-state index in [1.807, 2.05) is 24.3 Å². The lowest BCUT2D eigenvalue weighted by atomic mass is 10.1. The topological polar surface area (TPSA) is 59.8 Å². The Labute approximate surface area is 134 Å². The van der Waals surface area contributed by atoms with Crippen LogP contribution in [0, 0.1) is 0 Å². The third-order valence-electron chi connectivity index (χ3n) is 3.73. The van der Waals surface area contributed by atoms with Gasteiger partial charge in [0.2, 0.25) is 5.95 Å². The van der Waals surface area contributed by atoms with Gasteiger partial charge < -0.3 is 5.32 Å². The van der Waals surface area contributed by atoms with E-state index in [1.54, 1.807) is 19.4 Å². The van der Waals surface area contributed by atoms with Crippen LogP contribution in [0.1, 0.15) is 12.5 Å². The molecule has 0 fully saturated rings. The molecule has 0 saturated heterocycles. The number of anilines is 2. The molecule has 0 spiro atoms. The van der Waals surface area contributed by atoms with Gasteiger partial charge >= 0.3 is 0 Å². The van der Waals surface area contributed by atoms with Crippen LogP contribution in [0.25, 0.3) is 11.3 Å². The summed E-state index contributed by atoms with van der Waals surface area (Å²) in [5.74, 6) is 0.508. The predicted molar refractivity (Wildman–Crippen MR) is 91.8 cm³/mol. The fourth-order valence-corrected chi connectivity index (χ4v) is 2.27. The summed E-state index contributed by atoms with van der Waals surface area (Å²) < 4.78 is 1.50. The van der Waals surface area contributed by atoms with Gasteiger partial charge in [0.25, 0.3) is 5.56 Å². The number of aryl methyl sites for hydroxylation is 1. The van der Waals surface area contributed by atoms with Crippen molar-refractivity contribution < 1.29 is 0 Å². The lowest BCUT2D eigenvalue weighted by Gasteiger charge is -2.12. The number of pyridine rings is 1. The first-order valence-corrected chi connectivity index (χ1v) is 7.52. The quantitative estimate of drug-likeness (QED) is 0.804. The molecular weight excluding hydrogens is 288 g/mol. The van der Waals surface area contributed by atoms with E-state index in [0.29, 0.717) is 11.6 Å². The Morgan fingerprint density at radius 2 is 1.78 bits per heavy atom. The highest BCUT2D eigenvalue weighted by molar-refractivity contribution is 5.61. The Balaban J connectivity index is 1.98. The van der Waals surface area contributed by atoms with Crippen molar-refractivity contribution in [1.82, 2.24) is 14.5 Å². The number of nitrogens with one attached hydrogen (secondary N) is 1. The van der Waals surface area contributed by atoms with Crippen molar-refractivity contribution in [1.29, 1.82) is 0 Å². The van der Waals surface area contributed by atoms with Gasteiger partial charge in [0, 0.05) is 36.8 Å². The van der Waals surface area contributed by atoms with E-state index in [0.717, 1.165) is 17.7 Å². The Bertz CT molecular complexity index is 854. The highest BCUT2D eigenvalue weighted by Crippen LogP contribution is 2.19. The van der Waals surface area contributed by atoms with E-state index in [4.69, 9.17) is 0 Å². The number of hydrogen-bond acceptors (Lipinski definition) is 4. The Kier molecular flexibility index (Phi) is 4.19. The first kappa shape index (κ1) is 15.0. The molecular formula is C18H18N4O. The number of nitrogens with zero attached hydrogens (tertiary/aromatic N) is 3. The second-order valence-electron chi connectivity index (χ2n) is 5.27. The average Bonchev–Trinajstić information content (AvgIpc) is 2.60. The third-order valence-corrected chi connectivity index (χ3v) is 3.73. The fourth-order valence-electron chi connectivity index (χ4n) is 2.27. The van der Waals surface area contributed by atoms with Crippen LogP contribution in [0.15, 0.2) is 59.7 Å². The molecule has 3 rings (SSSR count). The van der Waals surface area contributed by atoms with Gasteiger partial charge in [0.15, 0.2) is 0 Å². The van der Waals surface area contributed by atoms with Crippen LogP contribution in [0.3, 0.4) is 0 Å². The standard InChI is InChI=1S/C18H18N4O/c1-3-13-4-6-15(7-5-13)20-18-21-16(12-17(23)22(18)2)14-8-10-19-11-9-14/h4-12H,3H2,1-2H3,(H,20,21). The van der Waals surface area contributed by atoms with Crippen LogP contribution in [-0.4, -0.2) is 14.5 Å². The Morgan fingerprint density at radius 1 is 1.09 bits per heavy atom. The van der Waals surface area contributed by atoms with Crippen LogP contribution < -0.4 is 10.9 Å². The van der Waals surface area contributed by atoms with Crippen molar-refractivity contribution in [2.45, 2.75) is 13.3 Å². The smallest absolute Gasteiger partial charge is 0.255 e. The summed E-state index contributed by atoms with van der Waals surface area (Å²) in [5.41, 5.74) is 3.55. The van der Waals surface area contributed by atoms with Gasteiger partial charge in [0.1, 0.15) is 0 Å². The van der Waals surface area contributed by atoms with Crippen molar-refractivity contribution >= 4 is 11.6 Å². The van der Waals surface area contributed by atoms with Crippen LogP contribution >= 0.6 is 0 Å². The molecule has 2 heterocycles. The summed E-state index contributed by atoms with van der Waals surface area (Å²) >= 11 is 0. The zero-order valence-electron chi connectivity index (χ0n) is 13.2. The van der Waals surface area contributed by atoms with Gasteiger partial charge in [0.05, 0.1) is 5.69 Å². The van der Waals surface area contributed by atoms with E-state index in [9.17, 15) is 4.79 Å². The Hall–Kier alpha value is -2.95. The first-order valence-electron chi connectivity index (χ1n) is 7.52. The number of benzene rings is 1. The zero-order chi connectivity index (χ0) is 16.2. The van der Waals surface area contributed by atoms with E-state index in [2.05, 4.69) is 34.3 Å². The molecule has 1 N–H and O–H groups in total. The SMILES string of the molecule is CCc1ccc(Nc2nc(-c3ccncc3)cc(=O)n2C)cc1. The molecule has 0 aliphatic carbocycles. The molecule has 2 aromatic heterocycles. The summed E-state index contributed by atoms with van der Waals surface area (Å²) in [7, 11) is 1.70. The maximum atomic E-state index is 12.2. The highest BCUT2D eigenvalue weighted by atomic mass is 16.1. The number of rotatable bonds is 4. The molecule has 5 heteroatoms. The Morgan fingerprint density at radius 3 is 2.43 bits per heavy atom. The lowest BCUT2D eigenvalue weighted by molar-refractivity contribution is 0.840. The van der Waals surface area contributed by atoms with Crippen molar-refractivity contribution in [3.8, 4) is 11.3 Å². The second kappa shape index (κ2) is 6.44. The van der Waals surface area contributed by atoms with Crippen molar-refractivity contribution in [2.75, 3.05) is 5.32 Å². The summed E-state index contributed by atoms with van der Waals surface area (Å²) in [5, 5.41) is 3.21. The van der Waals surface area contributed by atoms with E-state index < -0.39 is 0 Å². The molecule has 0 atom stereocenters. The third kappa shape index (κ3) is 3.29. The minimum absolute atomic E-state index is 0.112. The molecule has 1 aromatic carbocycles. The van der Waals surface area contributed by atoms with E-state index >= 15 is 0 Å². The summed E-state index contributed by atoms with van der Waals surface area (Å²) in [6.07, 6.45) is 4.37. The molecule has 0 aliphatic rings. The maximum absolute atomic E-state index is 12.2. The summed E-state index contributed by atoms with van der Waals surface area (Å²) in [6, 6.07) is 13.3. The van der Waals surface area contributed by atoms with E-state index in [1.165, 1.54) is 16.2 Å². The van der Waals surface area contributed by atoms with Crippen LogP contribution in [-0.2, 0) is 13.5 Å². The van der Waals surface area contributed by atoms with E-state index in [-0.39, 0.29) is 5.56 Å². The van der Waals surface area contributed by atoms with Crippen molar-refractivity contribution in [2.24, 2.45) is 7.05 Å².